The highest BCUT2D eigenvalue weighted by molar-refractivity contribution is 5.74. The fourth-order valence-corrected chi connectivity index (χ4v) is 3.71. The second-order valence-electron chi connectivity index (χ2n) is 5.92. The molecule has 0 aliphatic heterocycles. The molecule has 0 saturated heterocycles. The van der Waals surface area contributed by atoms with E-state index in [1.807, 2.05) is 6.92 Å². The summed E-state index contributed by atoms with van der Waals surface area (Å²) >= 11 is 0. The maximum atomic E-state index is 11.9. The lowest BCUT2D eigenvalue weighted by Crippen LogP contribution is -2.22. The van der Waals surface area contributed by atoms with Crippen LogP contribution in [0.2, 0.25) is 0 Å². The van der Waals surface area contributed by atoms with E-state index in [1.165, 1.54) is 5.56 Å². The van der Waals surface area contributed by atoms with Crippen molar-refractivity contribution < 1.29 is 9.53 Å². The summed E-state index contributed by atoms with van der Waals surface area (Å²) in [6, 6.07) is 10.6. The molecule has 0 spiro atoms. The van der Waals surface area contributed by atoms with Gasteiger partial charge in [0.1, 0.15) is 0 Å². The van der Waals surface area contributed by atoms with Gasteiger partial charge in [0.25, 0.3) is 0 Å². The van der Waals surface area contributed by atoms with Crippen molar-refractivity contribution in [3.8, 4) is 0 Å². The zero-order chi connectivity index (χ0) is 13.9. The van der Waals surface area contributed by atoms with Gasteiger partial charge in [0.05, 0.1) is 12.5 Å². The van der Waals surface area contributed by atoms with Crippen molar-refractivity contribution in [3.05, 3.63) is 47.5 Å². The number of carbonyl (C=O) groups excluding carboxylic acids is 1. The first-order chi connectivity index (χ1) is 9.78. The van der Waals surface area contributed by atoms with Crippen LogP contribution < -0.4 is 0 Å². The average molecular weight is 270 g/mol. The van der Waals surface area contributed by atoms with E-state index < -0.39 is 0 Å². The van der Waals surface area contributed by atoms with Crippen molar-refractivity contribution in [1.29, 1.82) is 0 Å². The smallest absolute Gasteiger partial charge is 0.309 e. The molecule has 2 aliphatic rings. The Morgan fingerprint density at radius 3 is 2.65 bits per heavy atom. The van der Waals surface area contributed by atoms with Gasteiger partial charge in [-0.2, -0.15) is 0 Å². The molecule has 0 amide bonds. The molecule has 0 aromatic heterocycles. The predicted octanol–water partition coefficient (Wildman–Crippen LogP) is 3.76. The van der Waals surface area contributed by atoms with Crippen LogP contribution in [0, 0.1) is 17.8 Å². The normalized spacial score (nSPS) is 27.4. The minimum absolute atomic E-state index is 0.0124. The Morgan fingerprint density at radius 1 is 1.20 bits per heavy atom. The monoisotopic (exact) mass is 270 g/mol. The van der Waals surface area contributed by atoms with E-state index in [-0.39, 0.29) is 11.9 Å². The molecule has 1 fully saturated rings. The van der Waals surface area contributed by atoms with E-state index in [4.69, 9.17) is 4.74 Å². The van der Waals surface area contributed by atoms with Crippen LogP contribution in [0.3, 0.4) is 0 Å². The first kappa shape index (κ1) is 13.4. The maximum Gasteiger partial charge on any atom is 0.309 e. The molecule has 1 aromatic carbocycles. The number of carbonyl (C=O) groups is 1. The van der Waals surface area contributed by atoms with E-state index in [0.29, 0.717) is 18.4 Å². The van der Waals surface area contributed by atoms with Crippen LogP contribution in [0.1, 0.15) is 31.7 Å². The van der Waals surface area contributed by atoms with Crippen LogP contribution in [0.15, 0.2) is 42.0 Å². The minimum Gasteiger partial charge on any atom is -0.466 e. The van der Waals surface area contributed by atoms with Crippen molar-refractivity contribution in [3.63, 3.8) is 0 Å². The van der Waals surface area contributed by atoms with Crippen LogP contribution in [0.5, 0.6) is 0 Å². The predicted molar refractivity (Wildman–Crippen MR) is 79.2 cm³/mol. The highest BCUT2D eigenvalue weighted by Gasteiger charge is 2.43. The molecule has 0 radical (unpaired) electrons. The van der Waals surface area contributed by atoms with E-state index >= 15 is 0 Å². The number of esters is 1. The third-order valence-electron chi connectivity index (χ3n) is 4.70. The third-order valence-corrected chi connectivity index (χ3v) is 4.70. The second kappa shape index (κ2) is 5.82. The molecule has 106 valence electrons. The molecule has 2 aliphatic carbocycles. The largest absolute Gasteiger partial charge is 0.466 e. The second-order valence-corrected chi connectivity index (χ2v) is 5.92. The molecular formula is C18H22O2. The fraction of sp³-hybridized carbons (Fsp3) is 0.500. The number of rotatable bonds is 5. The highest BCUT2D eigenvalue weighted by Crippen LogP contribution is 2.49. The summed E-state index contributed by atoms with van der Waals surface area (Å²) < 4.78 is 5.17. The van der Waals surface area contributed by atoms with Crippen molar-refractivity contribution >= 4 is 5.97 Å². The van der Waals surface area contributed by atoms with Gasteiger partial charge in [-0.25, -0.2) is 0 Å². The molecule has 3 rings (SSSR count). The van der Waals surface area contributed by atoms with E-state index in [0.717, 1.165) is 25.7 Å². The molecule has 0 unspecified atom stereocenters. The van der Waals surface area contributed by atoms with Crippen molar-refractivity contribution in [2.45, 2.75) is 32.6 Å². The van der Waals surface area contributed by atoms with Crippen LogP contribution in [0.25, 0.3) is 0 Å². The average Bonchev–Trinajstić information content (AvgIpc) is 3.06. The number of hydrogen-bond donors (Lipinski definition) is 0. The fourth-order valence-electron chi connectivity index (χ4n) is 3.71. The summed E-state index contributed by atoms with van der Waals surface area (Å²) in [7, 11) is 0. The summed E-state index contributed by atoms with van der Waals surface area (Å²) in [5, 5.41) is 0. The Bertz CT molecular complexity index is 503. The molecule has 3 atom stereocenters. The number of ether oxygens (including phenoxy) is 1. The van der Waals surface area contributed by atoms with E-state index in [2.05, 4.69) is 36.4 Å². The zero-order valence-corrected chi connectivity index (χ0v) is 12.0. The van der Waals surface area contributed by atoms with Crippen LogP contribution in [0.4, 0.5) is 0 Å². The Kier molecular flexibility index (Phi) is 3.90. The summed E-state index contributed by atoms with van der Waals surface area (Å²) in [6.45, 7) is 2.38. The summed E-state index contributed by atoms with van der Waals surface area (Å²) in [5.41, 5.74) is 2.97. The summed E-state index contributed by atoms with van der Waals surface area (Å²) in [6.07, 6.45) is 6.77. The SMILES string of the molecule is CCOC(=O)[C@@H]1C[C@H]2C[C@@H]1C=C2CCc1ccccc1. The third kappa shape index (κ3) is 2.65. The zero-order valence-electron chi connectivity index (χ0n) is 12.0. The lowest BCUT2D eigenvalue weighted by atomic mass is 9.87. The molecule has 2 heteroatoms. The van der Waals surface area contributed by atoms with Crippen LogP contribution in [-0.4, -0.2) is 12.6 Å². The van der Waals surface area contributed by atoms with Gasteiger partial charge in [-0.05, 0) is 50.0 Å². The molecule has 1 aromatic rings. The van der Waals surface area contributed by atoms with Gasteiger partial charge in [-0.15, -0.1) is 0 Å². The molecule has 2 bridgehead atoms. The summed E-state index contributed by atoms with van der Waals surface area (Å²) in [5.74, 6) is 1.20. The molecule has 0 heterocycles. The van der Waals surface area contributed by atoms with Crippen LogP contribution in [-0.2, 0) is 16.0 Å². The van der Waals surface area contributed by atoms with Gasteiger partial charge >= 0.3 is 5.97 Å². The number of allylic oxidation sites excluding steroid dienone is 2. The van der Waals surface area contributed by atoms with Gasteiger partial charge in [0.15, 0.2) is 0 Å². The van der Waals surface area contributed by atoms with Crippen LogP contribution >= 0.6 is 0 Å². The maximum absolute atomic E-state index is 11.9. The van der Waals surface area contributed by atoms with Gasteiger partial charge in [-0.1, -0.05) is 42.0 Å². The molecule has 0 N–H and O–H groups in total. The highest BCUT2D eigenvalue weighted by atomic mass is 16.5. The first-order valence-corrected chi connectivity index (χ1v) is 7.69. The lowest BCUT2D eigenvalue weighted by molar-refractivity contribution is -0.148. The lowest BCUT2D eigenvalue weighted by Gasteiger charge is -2.20. The van der Waals surface area contributed by atoms with Gasteiger partial charge in [0.2, 0.25) is 0 Å². The number of aryl methyl sites for hydroxylation is 1. The standard InChI is InChI=1S/C18H22O2/c1-2-20-18(19)17-12-15-11-16(17)10-14(15)9-8-13-6-4-3-5-7-13/h3-7,10,15-17H,2,8-9,11-12H2,1H3/t15-,16+,17-/m1/s1. The molecular weight excluding hydrogens is 248 g/mol. The van der Waals surface area contributed by atoms with Gasteiger partial charge < -0.3 is 4.74 Å². The van der Waals surface area contributed by atoms with Crippen molar-refractivity contribution in [2.24, 2.45) is 17.8 Å². The number of benzene rings is 1. The first-order valence-electron chi connectivity index (χ1n) is 7.69. The molecule has 20 heavy (non-hydrogen) atoms. The Morgan fingerprint density at radius 2 is 2.00 bits per heavy atom. The Labute approximate surface area is 120 Å². The summed E-state index contributed by atoms with van der Waals surface area (Å²) in [4.78, 5) is 11.9. The van der Waals surface area contributed by atoms with Crippen molar-refractivity contribution in [1.82, 2.24) is 0 Å². The minimum atomic E-state index is 0.0124. The van der Waals surface area contributed by atoms with Gasteiger partial charge in [-0.3, -0.25) is 4.79 Å². The molecule has 1 saturated carbocycles. The van der Waals surface area contributed by atoms with E-state index in [1.54, 1.807) is 5.57 Å². The quantitative estimate of drug-likeness (QED) is 0.601. The topological polar surface area (TPSA) is 26.3 Å². The Balaban J connectivity index is 1.58. The van der Waals surface area contributed by atoms with Crippen molar-refractivity contribution in [2.75, 3.05) is 6.61 Å². The number of fused-ring (bicyclic) bond motifs is 2. The number of hydrogen-bond acceptors (Lipinski definition) is 2. The van der Waals surface area contributed by atoms with E-state index in [9.17, 15) is 4.79 Å². The van der Waals surface area contributed by atoms with Gasteiger partial charge in [0, 0.05) is 0 Å². The molecule has 2 nitrogen and oxygen atoms in total. The Hall–Kier alpha value is -1.57.